The summed E-state index contributed by atoms with van der Waals surface area (Å²) in [5.41, 5.74) is 1.97. The molecule has 0 bridgehead atoms. The fourth-order valence-electron chi connectivity index (χ4n) is 2.21. The Kier molecular flexibility index (Phi) is 6.99. The molecule has 2 atom stereocenters. The Morgan fingerprint density at radius 1 is 1.35 bits per heavy atom. The van der Waals surface area contributed by atoms with Gasteiger partial charge in [-0.15, -0.1) is 0 Å². The average molecular weight is 280 g/mol. The Bertz CT molecular complexity index is 407. The lowest BCUT2D eigenvalue weighted by Gasteiger charge is -2.22. The van der Waals surface area contributed by atoms with Gasteiger partial charge in [-0.05, 0) is 70.7 Å². The molecule has 0 spiro atoms. The molecule has 2 unspecified atom stereocenters. The Labute approximate surface area is 122 Å². The summed E-state index contributed by atoms with van der Waals surface area (Å²) in [5, 5.41) is 13.7. The van der Waals surface area contributed by atoms with Crippen molar-refractivity contribution in [3.8, 4) is 5.75 Å². The second kappa shape index (κ2) is 8.25. The predicted octanol–water partition coefficient (Wildman–Crippen LogP) is 1.97. The van der Waals surface area contributed by atoms with E-state index in [9.17, 15) is 5.11 Å². The van der Waals surface area contributed by atoms with Crippen LogP contribution in [0, 0.1) is 6.92 Å². The second-order valence-electron chi connectivity index (χ2n) is 5.57. The highest BCUT2D eigenvalue weighted by molar-refractivity contribution is 5.37. The topological polar surface area (TPSA) is 44.7 Å². The van der Waals surface area contributed by atoms with E-state index in [1.54, 1.807) is 7.11 Å². The van der Waals surface area contributed by atoms with E-state index in [0.717, 1.165) is 36.4 Å². The van der Waals surface area contributed by atoms with Crippen LogP contribution >= 0.6 is 0 Å². The summed E-state index contributed by atoms with van der Waals surface area (Å²) in [6.07, 6.45) is 0.574. The molecule has 0 fully saturated rings. The molecule has 114 valence electrons. The van der Waals surface area contributed by atoms with Crippen LogP contribution in [-0.2, 0) is 0 Å². The van der Waals surface area contributed by atoms with E-state index in [2.05, 4.69) is 24.3 Å². The molecular weight excluding hydrogens is 252 g/mol. The normalized spacial score (nSPS) is 14.3. The van der Waals surface area contributed by atoms with E-state index in [0.29, 0.717) is 0 Å². The van der Waals surface area contributed by atoms with Gasteiger partial charge in [-0.25, -0.2) is 0 Å². The lowest BCUT2D eigenvalue weighted by molar-refractivity contribution is 0.135. The molecule has 0 saturated heterocycles. The molecule has 1 rings (SSSR count). The van der Waals surface area contributed by atoms with Crippen molar-refractivity contribution in [3.05, 3.63) is 29.3 Å². The fraction of sp³-hybridized carbons (Fsp3) is 0.625. The Hall–Kier alpha value is -1.10. The molecule has 0 aliphatic rings. The molecule has 0 aromatic heterocycles. The quantitative estimate of drug-likeness (QED) is 0.715. The summed E-state index contributed by atoms with van der Waals surface area (Å²) in [7, 11) is 5.80. The molecule has 0 aliphatic heterocycles. The largest absolute Gasteiger partial charge is 0.496 e. The van der Waals surface area contributed by atoms with Crippen molar-refractivity contribution in [2.24, 2.45) is 0 Å². The maximum Gasteiger partial charge on any atom is 0.121 e. The van der Waals surface area contributed by atoms with Crippen LogP contribution in [0.5, 0.6) is 5.75 Å². The number of aryl methyl sites for hydroxylation is 1. The van der Waals surface area contributed by atoms with Gasteiger partial charge in [0.15, 0.2) is 0 Å². The van der Waals surface area contributed by atoms with Crippen molar-refractivity contribution in [3.63, 3.8) is 0 Å². The van der Waals surface area contributed by atoms with Gasteiger partial charge in [-0.3, -0.25) is 0 Å². The van der Waals surface area contributed by atoms with E-state index >= 15 is 0 Å². The van der Waals surface area contributed by atoms with E-state index in [1.807, 2.05) is 32.0 Å². The standard InChI is InChI=1S/C16H28N2O2/c1-12-11-14(7-8-15(12)20-5)16(19)13(2)17-9-6-10-18(3)4/h7-8,11,13,16-17,19H,6,9-10H2,1-5H3. The number of nitrogens with one attached hydrogen (secondary N) is 1. The predicted molar refractivity (Wildman–Crippen MR) is 83.3 cm³/mol. The summed E-state index contributed by atoms with van der Waals surface area (Å²) in [6, 6.07) is 5.85. The lowest BCUT2D eigenvalue weighted by atomic mass is 10.0. The zero-order valence-electron chi connectivity index (χ0n) is 13.3. The molecule has 0 saturated carbocycles. The van der Waals surface area contributed by atoms with Crippen molar-refractivity contribution in [1.29, 1.82) is 0 Å². The summed E-state index contributed by atoms with van der Waals surface area (Å²) in [4.78, 5) is 2.16. The van der Waals surface area contributed by atoms with Gasteiger partial charge in [0.25, 0.3) is 0 Å². The third-order valence-electron chi connectivity index (χ3n) is 3.48. The van der Waals surface area contributed by atoms with Crippen LogP contribution in [0.1, 0.15) is 30.6 Å². The van der Waals surface area contributed by atoms with Crippen molar-refractivity contribution in [2.75, 3.05) is 34.3 Å². The van der Waals surface area contributed by atoms with E-state index in [1.165, 1.54) is 0 Å². The number of aliphatic hydroxyl groups excluding tert-OH is 1. The monoisotopic (exact) mass is 280 g/mol. The number of hydrogen-bond donors (Lipinski definition) is 2. The Morgan fingerprint density at radius 2 is 2.05 bits per heavy atom. The van der Waals surface area contributed by atoms with Gasteiger partial charge >= 0.3 is 0 Å². The fourth-order valence-corrected chi connectivity index (χ4v) is 2.21. The van der Waals surface area contributed by atoms with Crippen molar-refractivity contribution in [1.82, 2.24) is 10.2 Å². The Morgan fingerprint density at radius 3 is 2.60 bits per heavy atom. The Balaban J connectivity index is 2.51. The van der Waals surface area contributed by atoms with E-state index in [-0.39, 0.29) is 6.04 Å². The van der Waals surface area contributed by atoms with Crippen LogP contribution in [0.3, 0.4) is 0 Å². The van der Waals surface area contributed by atoms with Gasteiger partial charge in [0, 0.05) is 6.04 Å². The first-order valence-electron chi connectivity index (χ1n) is 7.16. The van der Waals surface area contributed by atoms with Crippen LogP contribution in [0.4, 0.5) is 0 Å². The smallest absolute Gasteiger partial charge is 0.121 e. The maximum atomic E-state index is 10.4. The third-order valence-corrected chi connectivity index (χ3v) is 3.48. The molecule has 0 radical (unpaired) electrons. The summed E-state index contributed by atoms with van der Waals surface area (Å²) < 4.78 is 5.24. The molecule has 20 heavy (non-hydrogen) atoms. The maximum absolute atomic E-state index is 10.4. The number of rotatable bonds is 8. The molecule has 2 N–H and O–H groups in total. The van der Waals surface area contributed by atoms with Crippen LogP contribution in [0.25, 0.3) is 0 Å². The number of benzene rings is 1. The average Bonchev–Trinajstić information content (AvgIpc) is 2.42. The molecule has 4 heteroatoms. The number of methoxy groups -OCH3 is 1. The minimum absolute atomic E-state index is 0.0324. The summed E-state index contributed by atoms with van der Waals surface area (Å²) in [5.74, 6) is 0.854. The van der Waals surface area contributed by atoms with Crippen LogP contribution in [0.2, 0.25) is 0 Å². The number of aliphatic hydroxyl groups is 1. The minimum Gasteiger partial charge on any atom is -0.496 e. The first-order chi connectivity index (χ1) is 9.45. The first kappa shape index (κ1) is 17.0. The number of nitrogens with zero attached hydrogens (tertiary/aromatic N) is 1. The summed E-state index contributed by atoms with van der Waals surface area (Å²) >= 11 is 0. The van der Waals surface area contributed by atoms with Crippen LogP contribution < -0.4 is 10.1 Å². The molecule has 0 amide bonds. The molecule has 0 heterocycles. The molecule has 0 aliphatic carbocycles. The zero-order chi connectivity index (χ0) is 15.1. The molecule has 1 aromatic carbocycles. The van der Waals surface area contributed by atoms with E-state index in [4.69, 9.17) is 4.74 Å². The number of hydrogen-bond acceptors (Lipinski definition) is 4. The SMILES string of the molecule is COc1ccc(C(O)C(C)NCCCN(C)C)cc1C. The lowest BCUT2D eigenvalue weighted by Crippen LogP contribution is -2.34. The van der Waals surface area contributed by atoms with Gasteiger partial charge in [-0.2, -0.15) is 0 Å². The van der Waals surface area contributed by atoms with Gasteiger partial charge in [0.2, 0.25) is 0 Å². The summed E-state index contributed by atoms with van der Waals surface area (Å²) in [6.45, 7) is 5.97. The molecule has 1 aromatic rings. The van der Waals surface area contributed by atoms with Gasteiger partial charge in [0.05, 0.1) is 13.2 Å². The van der Waals surface area contributed by atoms with E-state index < -0.39 is 6.10 Å². The highest BCUT2D eigenvalue weighted by Gasteiger charge is 2.16. The first-order valence-corrected chi connectivity index (χ1v) is 7.16. The molecule has 4 nitrogen and oxygen atoms in total. The third kappa shape index (κ3) is 5.12. The van der Waals surface area contributed by atoms with Crippen LogP contribution in [0.15, 0.2) is 18.2 Å². The van der Waals surface area contributed by atoms with Gasteiger partial charge in [-0.1, -0.05) is 6.07 Å². The highest BCUT2D eigenvalue weighted by atomic mass is 16.5. The van der Waals surface area contributed by atoms with Gasteiger partial charge < -0.3 is 20.1 Å². The number of ether oxygens (including phenoxy) is 1. The minimum atomic E-state index is -0.501. The van der Waals surface area contributed by atoms with Gasteiger partial charge in [0.1, 0.15) is 5.75 Å². The zero-order valence-corrected chi connectivity index (χ0v) is 13.3. The molecular formula is C16H28N2O2. The second-order valence-corrected chi connectivity index (χ2v) is 5.57. The van der Waals surface area contributed by atoms with Crippen molar-refractivity contribution >= 4 is 0 Å². The van der Waals surface area contributed by atoms with Crippen molar-refractivity contribution in [2.45, 2.75) is 32.4 Å². The van der Waals surface area contributed by atoms with Crippen LogP contribution in [-0.4, -0.2) is 50.3 Å². The highest BCUT2D eigenvalue weighted by Crippen LogP contribution is 2.24. The van der Waals surface area contributed by atoms with Crippen molar-refractivity contribution < 1.29 is 9.84 Å².